The SMILES string of the molecule is CCc1nn(C)c(CC)c1CN1CCC(N)C(C)(C)C1.Cl. The molecule has 1 fully saturated rings. The average molecular weight is 315 g/mol. The Labute approximate surface area is 135 Å². The second-order valence-corrected chi connectivity index (χ2v) is 6.80. The third-order valence-corrected chi connectivity index (χ3v) is 4.80. The first kappa shape index (κ1) is 18.5. The molecule has 0 amide bonds. The molecular formula is C16H31ClN4. The van der Waals surface area contributed by atoms with Crippen molar-refractivity contribution in [1.82, 2.24) is 14.7 Å². The van der Waals surface area contributed by atoms with E-state index in [9.17, 15) is 0 Å². The molecule has 0 radical (unpaired) electrons. The molecule has 0 spiro atoms. The van der Waals surface area contributed by atoms with Gasteiger partial charge >= 0.3 is 0 Å². The highest BCUT2D eigenvalue weighted by molar-refractivity contribution is 5.85. The molecule has 0 saturated carbocycles. The van der Waals surface area contributed by atoms with E-state index in [0.717, 1.165) is 38.9 Å². The molecule has 4 nitrogen and oxygen atoms in total. The Morgan fingerprint density at radius 1 is 1.29 bits per heavy atom. The zero-order valence-electron chi connectivity index (χ0n) is 14.1. The summed E-state index contributed by atoms with van der Waals surface area (Å²) in [5.41, 5.74) is 10.5. The van der Waals surface area contributed by atoms with Gasteiger partial charge in [0.2, 0.25) is 0 Å². The summed E-state index contributed by atoms with van der Waals surface area (Å²) >= 11 is 0. The van der Waals surface area contributed by atoms with Gasteiger partial charge in [-0.15, -0.1) is 12.4 Å². The van der Waals surface area contributed by atoms with Crippen molar-refractivity contribution in [1.29, 1.82) is 0 Å². The minimum atomic E-state index is 0. The zero-order chi connectivity index (χ0) is 14.9. The third kappa shape index (κ3) is 3.79. The van der Waals surface area contributed by atoms with Crippen molar-refractivity contribution in [3.8, 4) is 0 Å². The summed E-state index contributed by atoms with van der Waals surface area (Å²) < 4.78 is 2.06. The van der Waals surface area contributed by atoms with Crippen molar-refractivity contribution in [3.05, 3.63) is 17.0 Å². The minimum Gasteiger partial charge on any atom is -0.327 e. The maximum atomic E-state index is 6.24. The van der Waals surface area contributed by atoms with Crippen LogP contribution < -0.4 is 5.73 Å². The Kier molecular flexibility index (Phi) is 6.26. The number of rotatable bonds is 4. The Morgan fingerprint density at radius 2 is 1.95 bits per heavy atom. The van der Waals surface area contributed by atoms with Crippen LogP contribution in [-0.2, 0) is 26.4 Å². The summed E-state index contributed by atoms with van der Waals surface area (Å²) in [7, 11) is 2.07. The minimum absolute atomic E-state index is 0. The molecule has 1 unspecified atom stereocenters. The summed E-state index contributed by atoms with van der Waals surface area (Å²) in [6, 6.07) is 0.323. The largest absolute Gasteiger partial charge is 0.327 e. The predicted octanol–water partition coefficient (Wildman–Crippen LogP) is 2.53. The highest BCUT2D eigenvalue weighted by Gasteiger charge is 2.33. The molecule has 2 N–H and O–H groups in total. The number of piperidine rings is 1. The molecule has 1 aliphatic heterocycles. The summed E-state index contributed by atoms with van der Waals surface area (Å²) in [5, 5.41) is 4.68. The van der Waals surface area contributed by atoms with Gasteiger partial charge in [0.05, 0.1) is 5.69 Å². The first-order valence-corrected chi connectivity index (χ1v) is 7.90. The summed E-state index contributed by atoms with van der Waals surface area (Å²) in [5.74, 6) is 0. The lowest BCUT2D eigenvalue weighted by Gasteiger charge is -2.42. The first-order chi connectivity index (χ1) is 9.39. The van der Waals surface area contributed by atoms with Crippen molar-refractivity contribution < 1.29 is 0 Å². The van der Waals surface area contributed by atoms with E-state index >= 15 is 0 Å². The average Bonchev–Trinajstić information content (AvgIpc) is 2.69. The van der Waals surface area contributed by atoms with Crippen LogP contribution in [-0.4, -0.2) is 33.8 Å². The van der Waals surface area contributed by atoms with Crippen molar-refractivity contribution >= 4 is 12.4 Å². The summed E-state index contributed by atoms with van der Waals surface area (Å²) in [6.45, 7) is 12.2. The molecule has 1 aromatic heterocycles. The van der Waals surface area contributed by atoms with Gasteiger partial charge in [0.15, 0.2) is 0 Å². The van der Waals surface area contributed by atoms with Crippen LogP contribution in [0.15, 0.2) is 0 Å². The maximum absolute atomic E-state index is 6.24. The van der Waals surface area contributed by atoms with E-state index in [4.69, 9.17) is 5.73 Å². The van der Waals surface area contributed by atoms with Crippen LogP contribution in [0.2, 0.25) is 0 Å². The van der Waals surface area contributed by atoms with E-state index in [1.54, 1.807) is 0 Å². The van der Waals surface area contributed by atoms with E-state index in [0.29, 0.717) is 6.04 Å². The summed E-state index contributed by atoms with van der Waals surface area (Å²) in [4.78, 5) is 2.55. The number of aryl methyl sites for hydroxylation is 2. The molecule has 1 atom stereocenters. The fraction of sp³-hybridized carbons (Fsp3) is 0.812. The molecule has 122 valence electrons. The molecule has 0 aliphatic carbocycles. The van der Waals surface area contributed by atoms with Gasteiger partial charge in [0, 0.05) is 44.0 Å². The third-order valence-electron chi connectivity index (χ3n) is 4.80. The lowest BCUT2D eigenvalue weighted by atomic mass is 9.79. The Morgan fingerprint density at radius 3 is 2.48 bits per heavy atom. The number of hydrogen-bond acceptors (Lipinski definition) is 3. The fourth-order valence-electron chi connectivity index (χ4n) is 3.42. The van der Waals surface area contributed by atoms with E-state index in [-0.39, 0.29) is 17.8 Å². The molecule has 0 bridgehead atoms. The van der Waals surface area contributed by atoms with Gasteiger partial charge in [-0.3, -0.25) is 9.58 Å². The predicted molar refractivity (Wildman–Crippen MR) is 90.9 cm³/mol. The van der Waals surface area contributed by atoms with Crippen LogP contribution in [0.3, 0.4) is 0 Å². The van der Waals surface area contributed by atoms with Crippen molar-refractivity contribution in [2.75, 3.05) is 13.1 Å². The van der Waals surface area contributed by atoms with Crippen LogP contribution in [0, 0.1) is 5.41 Å². The van der Waals surface area contributed by atoms with Crippen molar-refractivity contribution in [2.24, 2.45) is 18.2 Å². The Balaban J connectivity index is 0.00000220. The van der Waals surface area contributed by atoms with Crippen molar-refractivity contribution in [2.45, 2.75) is 59.5 Å². The maximum Gasteiger partial charge on any atom is 0.0669 e. The number of nitrogens with two attached hydrogens (primary N) is 1. The van der Waals surface area contributed by atoms with Crippen LogP contribution in [0.1, 0.15) is 51.1 Å². The molecule has 2 rings (SSSR count). The number of nitrogens with zero attached hydrogens (tertiary/aromatic N) is 3. The van der Waals surface area contributed by atoms with Gasteiger partial charge in [-0.05, 0) is 24.7 Å². The van der Waals surface area contributed by atoms with Crippen molar-refractivity contribution in [3.63, 3.8) is 0 Å². The van der Waals surface area contributed by atoms with Gasteiger partial charge in [-0.1, -0.05) is 27.7 Å². The monoisotopic (exact) mass is 314 g/mol. The second kappa shape index (κ2) is 7.12. The molecule has 1 saturated heterocycles. The second-order valence-electron chi connectivity index (χ2n) is 6.80. The zero-order valence-corrected chi connectivity index (χ0v) is 15.0. The van der Waals surface area contributed by atoms with Crippen LogP contribution >= 0.6 is 12.4 Å². The molecule has 2 heterocycles. The van der Waals surface area contributed by atoms with E-state index in [2.05, 4.69) is 49.4 Å². The van der Waals surface area contributed by atoms with Gasteiger partial charge in [-0.2, -0.15) is 5.10 Å². The highest BCUT2D eigenvalue weighted by atomic mass is 35.5. The Hall–Kier alpha value is -0.580. The molecule has 5 heteroatoms. The standard InChI is InChI=1S/C16H30N4.ClH/c1-6-13-12(14(7-2)19(5)18-13)10-20-9-8-15(17)16(3,4)11-20;/h15H,6-11,17H2,1-5H3;1H. The van der Waals surface area contributed by atoms with Gasteiger partial charge < -0.3 is 5.73 Å². The van der Waals surface area contributed by atoms with Gasteiger partial charge in [0.1, 0.15) is 0 Å². The van der Waals surface area contributed by atoms with Crippen LogP contribution in [0.4, 0.5) is 0 Å². The fourth-order valence-corrected chi connectivity index (χ4v) is 3.42. The molecular weight excluding hydrogens is 284 g/mol. The normalized spacial score (nSPS) is 22.1. The quantitative estimate of drug-likeness (QED) is 0.929. The number of halogens is 1. The Bertz CT molecular complexity index is 467. The molecule has 0 aromatic carbocycles. The molecule has 21 heavy (non-hydrogen) atoms. The number of hydrogen-bond donors (Lipinski definition) is 1. The van der Waals surface area contributed by atoms with Gasteiger partial charge in [-0.25, -0.2) is 0 Å². The van der Waals surface area contributed by atoms with E-state index in [1.165, 1.54) is 17.0 Å². The van der Waals surface area contributed by atoms with E-state index < -0.39 is 0 Å². The lowest BCUT2D eigenvalue weighted by molar-refractivity contribution is 0.0894. The molecule has 1 aliphatic rings. The van der Waals surface area contributed by atoms with Gasteiger partial charge in [0.25, 0.3) is 0 Å². The highest BCUT2D eigenvalue weighted by Crippen LogP contribution is 2.29. The number of likely N-dealkylation sites (tertiary alicyclic amines) is 1. The summed E-state index contributed by atoms with van der Waals surface area (Å²) in [6.07, 6.45) is 3.16. The topological polar surface area (TPSA) is 47.1 Å². The van der Waals surface area contributed by atoms with Crippen LogP contribution in [0.25, 0.3) is 0 Å². The van der Waals surface area contributed by atoms with E-state index in [1.807, 2.05) is 0 Å². The lowest BCUT2D eigenvalue weighted by Crippen LogP contribution is -2.52. The number of aromatic nitrogens is 2. The smallest absolute Gasteiger partial charge is 0.0669 e. The van der Waals surface area contributed by atoms with Crippen LogP contribution in [0.5, 0.6) is 0 Å². The molecule has 1 aromatic rings. The first-order valence-electron chi connectivity index (χ1n) is 7.90.